The van der Waals surface area contributed by atoms with E-state index in [1.54, 1.807) is 30.5 Å². The summed E-state index contributed by atoms with van der Waals surface area (Å²) in [5, 5.41) is 4.01. The minimum Gasteiger partial charge on any atom is -0.310 e. The van der Waals surface area contributed by atoms with Crippen molar-refractivity contribution in [2.45, 2.75) is 12.8 Å². The Balaban J connectivity index is 1.55. The van der Waals surface area contributed by atoms with Crippen LogP contribution < -0.4 is 5.32 Å². The number of sulfonamides is 1. The number of nitrogens with one attached hydrogen (secondary N) is 1. The molecule has 1 fully saturated rings. The van der Waals surface area contributed by atoms with E-state index >= 15 is 0 Å². The Bertz CT molecular complexity index is 859. The minimum atomic E-state index is -3.48. The van der Waals surface area contributed by atoms with Crippen LogP contribution in [0.25, 0.3) is 6.08 Å². The Morgan fingerprint density at radius 1 is 1.08 bits per heavy atom. The van der Waals surface area contributed by atoms with Gasteiger partial charge in [-0.2, -0.15) is 4.31 Å². The van der Waals surface area contributed by atoms with Gasteiger partial charge in [-0.15, -0.1) is 0 Å². The maximum absolute atomic E-state index is 12.5. The Labute approximate surface area is 153 Å². The molecule has 2 heterocycles. The van der Waals surface area contributed by atoms with Crippen LogP contribution in [0.3, 0.4) is 0 Å². The van der Waals surface area contributed by atoms with E-state index in [9.17, 15) is 13.2 Å². The van der Waals surface area contributed by atoms with Crippen molar-refractivity contribution in [2.24, 2.45) is 5.92 Å². The molecule has 1 N–H and O–H groups in total. The summed E-state index contributed by atoms with van der Waals surface area (Å²) in [4.78, 5) is 16.4. The van der Waals surface area contributed by atoms with E-state index < -0.39 is 10.0 Å². The lowest BCUT2D eigenvalue weighted by Gasteiger charge is -2.29. The molecule has 26 heavy (non-hydrogen) atoms. The van der Waals surface area contributed by atoms with Crippen LogP contribution >= 0.6 is 0 Å². The maximum atomic E-state index is 12.5. The SMILES string of the molecule is O=C(Nc1ccccn1)C1CCN(S(=O)(=O)/C=C/c2ccccc2)CC1. The smallest absolute Gasteiger partial charge is 0.236 e. The molecule has 0 unspecified atom stereocenters. The van der Waals surface area contributed by atoms with Crippen molar-refractivity contribution in [3.63, 3.8) is 0 Å². The lowest BCUT2D eigenvalue weighted by molar-refractivity contribution is -0.120. The first-order valence-electron chi connectivity index (χ1n) is 8.50. The minimum absolute atomic E-state index is 0.111. The zero-order valence-corrected chi connectivity index (χ0v) is 15.1. The number of carbonyl (C=O) groups is 1. The Morgan fingerprint density at radius 3 is 2.42 bits per heavy atom. The summed E-state index contributed by atoms with van der Waals surface area (Å²) in [5.74, 6) is 0.195. The quantitative estimate of drug-likeness (QED) is 0.876. The zero-order chi connectivity index (χ0) is 18.4. The fourth-order valence-corrected chi connectivity index (χ4v) is 4.07. The third-order valence-corrected chi connectivity index (χ3v) is 5.90. The number of hydrogen-bond donors (Lipinski definition) is 1. The van der Waals surface area contributed by atoms with Gasteiger partial charge in [0.2, 0.25) is 15.9 Å². The number of carbonyl (C=O) groups excluding carboxylic acids is 1. The van der Waals surface area contributed by atoms with E-state index in [1.807, 2.05) is 30.3 Å². The predicted molar refractivity (Wildman–Crippen MR) is 102 cm³/mol. The summed E-state index contributed by atoms with van der Waals surface area (Å²) in [5.41, 5.74) is 0.834. The van der Waals surface area contributed by atoms with Crippen molar-refractivity contribution in [3.05, 3.63) is 65.7 Å². The van der Waals surface area contributed by atoms with Crippen LogP contribution in [0.4, 0.5) is 5.82 Å². The molecular weight excluding hydrogens is 350 g/mol. The van der Waals surface area contributed by atoms with Gasteiger partial charge in [0.15, 0.2) is 0 Å². The van der Waals surface area contributed by atoms with Crippen molar-refractivity contribution in [2.75, 3.05) is 18.4 Å². The van der Waals surface area contributed by atoms with Crippen LogP contribution in [0, 0.1) is 5.92 Å². The molecule has 0 radical (unpaired) electrons. The molecule has 3 rings (SSSR count). The largest absolute Gasteiger partial charge is 0.310 e. The molecule has 0 saturated carbocycles. The van der Waals surface area contributed by atoms with Gasteiger partial charge in [0, 0.05) is 30.6 Å². The highest BCUT2D eigenvalue weighted by Gasteiger charge is 2.30. The second-order valence-electron chi connectivity index (χ2n) is 6.14. The first-order valence-corrected chi connectivity index (χ1v) is 10.00. The van der Waals surface area contributed by atoms with Crippen molar-refractivity contribution in [1.82, 2.24) is 9.29 Å². The number of rotatable bonds is 5. The van der Waals surface area contributed by atoms with E-state index in [2.05, 4.69) is 10.3 Å². The number of pyridine rings is 1. The summed E-state index contributed by atoms with van der Waals surface area (Å²) in [6.07, 6.45) is 4.20. The van der Waals surface area contributed by atoms with Crippen LogP contribution in [-0.2, 0) is 14.8 Å². The molecule has 1 aliphatic heterocycles. The number of anilines is 1. The summed E-state index contributed by atoms with van der Waals surface area (Å²) >= 11 is 0. The van der Waals surface area contributed by atoms with Gasteiger partial charge in [0.25, 0.3) is 0 Å². The van der Waals surface area contributed by atoms with E-state index in [0.717, 1.165) is 5.56 Å². The molecule has 1 aromatic heterocycles. The third-order valence-electron chi connectivity index (χ3n) is 4.33. The van der Waals surface area contributed by atoms with Gasteiger partial charge in [0.1, 0.15) is 5.82 Å². The number of hydrogen-bond acceptors (Lipinski definition) is 4. The van der Waals surface area contributed by atoms with Crippen LogP contribution in [0.15, 0.2) is 60.1 Å². The topological polar surface area (TPSA) is 79.4 Å². The second kappa shape index (κ2) is 8.25. The molecule has 0 spiro atoms. The fourth-order valence-electron chi connectivity index (χ4n) is 2.85. The lowest BCUT2D eigenvalue weighted by Crippen LogP contribution is -2.40. The van der Waals surface area contributed by atoms with Gasteiger partial charge in [-0.05, 0) is 36.6 Å². The molecule has 7 heteroatoms. The van der Waals surface area contributed by atoms with E-state index in [4.69, 9.17) is 0 Å². The summed E-state index contributed by atoms with van der Waals surface area (Å²) in [6, 6.07) is 14.6. The monoisotopic (exact) mass is 371 g/mol. The molecule has 2 aromatic rings. The maximum Gasteiger partial charge on any atom is 0.236 e. The van der Waals surface area contributed by atoms with E-state index in [0.29, 0.717) is 31.7 Å². The van der Waals surface area contributed by atoms with Crippen LogP contribution in [0.1, 0.15) is 18.4 Å². The highest BCUT2D eigenvalue weighted by atomic mass is 32.2. The summed E-state index contributed by atoms with van der Waals surface area (Å²) < 4.78 is 26.3. The van der Waals surface area contributed by atoms with Crippen LogP contribution in [-0.4, -0.2) is 36.7 Å². The number of nitrogens with zero attached hydrogens (tertiary/aromatic N) is 2. The highest BCUT2D eigenvalue weighted by molar-refractivity contribution is 7.92. The highest BCUT2D eigenvalue weighted by Crippen LogP contribution is 2.22. The zero-order valence-electron chi connectivity index (χ0n) is 14.3. The molecule has 1 amide bonds. The molecule has 0 aliphatic carbocycles. The molecule has 0 bridgehead atoms. The molecule has 1 aliphatic rings. The van der Waals surface area contributed by atoms with Crippen molar-refractivity contribution in [1.29, 1.82) is 0 Å². The first kappa shape index (κ1) is 18.3. The lowest BCUT2D eigenvalue weighted by atomic mass is 9.97. The average molecular weight is 371 g/mol. The summed E-state index contributed by atoms with van der Waals surface area (Å²) in [7, 11) is -3.48. The van der Waals surface area contributed by atoms with E-state index in [1.165, 1.54) is 9.71 Å². The Kier molecular flexibility index (Phi) is 5.80. The predicted octanol–water partition coefficient (Wildman–Crippen LogP) is 2.73. The van der Waals surface area contributed by atoms with Crippen molar-refractivity contribution >= 4 is 27.8 Å². The van der Waals surface area contributed by atoms with Gasteiger partial charge >= 0.3 is 0 Å². The normalized spacial score (nSPS) is 16.6. The van der Waals surface area contributed by atoms with Crippen LogP contribution in [0.2, 0.25) is 0 Å². The van der Waals surface area contributed by atoms with Gasteiger partial charge in [-0.1, -0.05) is 36.4 Å². The Morgan fingerprint density at radius 2 is 1.77 bits per heavy atom. The standard InChI is InChI=1S/C19H21N3O3S/c23-19(21-18-8-4-5-12-20-18)17-9-13-22(14-10-17)26(24,25)15-11-16-6-2-1-3-7-16/h1-8,11-12,15,17H,9-10,13-14H2,(H,20,21,23)/b15-11+. The average Bonchev–Trinajstić information content (AvgIpc) is 2.68. The number of aromatic nitrogens is 1. The number of piperidine rings is 1. The van der Waals surface area contributed by atoms with Crippen molar-refractivity contribution < 1.29 is 13.2 Å². The molecule has 1 saturated heterocycles. The van der Waals surface area contributed by atoms with Gasteiger partial charge in [0.05, 0.1) is 0 Å². The number of benzene rings is 1. The summed E-state index contributed by atoms with van der Waals surface area (Å²) in [6.45, 7) is 0.670. The molecule has 6 nitrogen and oxygen atoms in total. The molecule has 0 atom stereocenters. The molecule has 1 aromatic carbocycles. The van der Waals surface area contributed by atoms with Gasteiger partial charge in [-0.25, -0.2) is 13.4 Å². The molecular formula is C19H21N3O3S. The third kappa shape index (κ3) is 4.77. The fraction of sp³-hybridized carbons (Fsp3) is 0.263. The van der Waals surface area contributed by atoms with E-state index in [-0.39, 0.29) is 11.8 Å². The van der Waals surface area contributed by atoms with Gasteiger partial charge < -0.3 is 5.32 Å². The number of amides is 1. The first-order chi connectivity index (χ1) is 12.5. The molecule has 136 valence electrons. The second-order valence-corrected chi connectivity index (χ2v) is 7.95. The van der Waals surface area contributed by atoms with Crippen LogP contribution in [0.5, 0.6) is 0 Å². The van der Waals surface area contributed by atoms with Crippen molar-refractivity contribution in [3.8, 4) is 0 Å². The Hall–Kier alpha value is -2.51. The van der Waals surface area contributed by atoms with Gasteiger partial charge in [-0.3, -0.25) is 4.79 Å².